The zero-order valence-corrected chi connectivity index (χ0v) is 18.2. The Morgan fingerprint density at radius 2 is 2.00 bits per heavy atom. The smallest absolute Gasteiger partial charge is 0.151 e. The highest BCUT2D eigenvalue weighted by atomic mass is 16.3. The second-order valence-electron chi connectivity index (χ2n) is 8.27. The molecule has 0 radical (unpaired) electrons. The number of nitrogens with one attached hydrogen (secondary N) is 1. The van der Waals surface area contributed by atoms with Crippen molar-refractivity contribution in [2.45, 2.75) is 51.7 Å². The molecule has 4 N–H and O–H groups in total. The Hall–Kier alpha value is -3.59. The van der Waals surface area contributed by atoms with Crippen molar-refractivity contribution < 1.29 is 5.11 Å². The molecule has 1 fully saturated rings. The van der Waals surface area contributed by atoms with E-state index in [1.54, 1.807) is 23.3 Å². The maximum absolute atomic E-state index is 9.90. The Bertz CT molecular complexity index is 1270. The Labute approximate surface area is 185 Å². The summed E-state index contributed by atoms with van der Waals surface area (Å²) in [4.78, 5) is 18.5. The van der Waals surface area contributed by atoms with Crippen molar-refractivity contribution in [3.05, 3.63) is 48.3 Å². The third kappa shape index (κ3) is 3.75. The summed E-state index contributed by atoms with van der Waals surface area (Å²) in [6.45, 7) is 3.99. The number of nitrogens with two attached hydrogens (primary N) is 1. The fourth-order valence-corrected chi connectivity index (χ4v) is 4.15. The van der Waals surface area contributed by atoms with E-state index in [0.717, 1.165) is 46.9 Å². The van der Waals surface area contributed by atoms with Crippen molar-refractivity contribution in [1.82, 2.24) is 29.7 Å². The van der Waals surface area contributed by atoms with Crippen LogP contribution in [-0.2, 0) is 6.42 Å². The van der Waals surface area contributed by atoms with E-state index in [9.17, 15) is 5.11 Å². The summed E-state index contributed by atoms with van der Waals surface area (Å²) >= 11 is 0. The number of aliphatic hydroxyl groups excluding tert-OH is 1. The van der Waals surface area contributed by atoms with E-state index >= 15 is 0 Å². The van der Waals surface area contributed by atoms with Crippen LogP contribution in [0.5, 0.6) is 0 Å². The van der Waals surface area contributed by atoms with Crippen LogP contribution in [0, 0.1) is 6.92 Å². The third-order valence-corrected chi connectivity index (χ3v) is 5.93. The highest BCUT2D eigenvalue weighted by Gasteiger charge is 2.24. The molecule has 0 aromatic carbocycles. The molecule has 1 aliphatic carbocycles. The number of hydrogen-bond acceptors (Lipinski definition) is 8. The van der Waals surface area contributed by atoms with Crippen LogP contribution in [0.1, 0.15) is 37.6 Å². The van der Waals surface area contributed by atoms with Crippen LogP contribution >= 0.6 is 0 Å². The SMILES string of the molecule is CCc1nc2c(N)ncc(-c3cnn(-c4ccc(C)nc4)c3)c2nc1N[C@@H]1CC[C@H](O)C1. The second kappa shape index (κ2) is 8.16. The van der Waals surface area contributed by atoms with Gasteiger partial charge in [0, 0.05) is 35.3 Å². The molecule has 0 bridgehead atoms. The van der Waals surface area contributed by atoms with E-state index in [1.807, 2.05) is 32.2 Å². The number of anilines is 2. The molecule has 9 heteroatoms. The molecule has 4 aromatic rings. The fraction of sp³-hybridized carbons (Fsp3) is 0.348. The Balaban J connectivity index is 1.58. The molecule has 4 heterocycles. The first kappa shape index (κ1) is 20.3. The molecule has 1 saturated carbocycles. The first-order valence-corrected chi connectivity index (χ1v) is 10.9. The van der Waals surface area contributed by atoms with Crippen LogP contribution in [-0.4, -0.2) is 47.0 Å². The van der Waals surface area contributed by atoms with Crippen molar-refractivity contribution in [3.63, 3.8) is 0 Å². The molecule has 1 aliphatic rings. The number of pyridine rings is 2. The van der Waals surface area contributed by atoms with Gasteiger partial charge in [0.05, 0.1) is 29.9 Å². The van der Waals surface area contributed by atoms with Crippen LogP contribution in [0.25, 0.3) is 27.8 Å². The maximum Gasteiger partial charge on any atom is 0.151 e. The lowest BCUT2D eigenvalue weighted by Gasteiger charge is -2.17. The number of aryl methyl sites for hydroxylation is 2. The van der Waals surface area contributed by atoms with Crippen molar-refractivity contribution in [1.29, 1.82) is 0 Å². The van der Waals surface area contributed by atoms with Gasteiger partial charge in [-0.2, -0.15) is 5.10 Å². The zero-order chi connectivity index (χ0) is 22.2. The average molecular weight is 431 g/mol. The predicted octanol–water partition coefficient (Wildman–Crippen LogP) is 3.05. The van der Waals surface area contributed by atoms with Crippen molar-refractivity contribution in [2.75, 3.05) is 11.1 Å². The number of hydrogen-bond donors (Lipinski definition) is 3. The molecule has 0 spiro atoms. The monoisotopic (exact) mass is 430 g/mol. The summed E-state index contributed by atoms with van der Waals surface area (Å²) in [5.74, 6) is 1.09. The minimum atomic E-state index is -0.261. The lowest BCUT2D eigenvalue weighted by Crippen LogP contribution is -2.19. The Kier molecular flexibility index (Phi) is 5.18. The molecule has 164 valence electrons. The van der Waals surface area contributed by atoms with Crippen molar-refractivity contribution in [2.24, 2.45) is 0 Å². The van der Waals surface area contributed by atoms with E-state index < -0.39 is 0 Å². The van der Waals surface area contributed by atoms with Crippen LogP contribution in [0.2, 0.25) is 0 Å². The summed E-state index contributed by atoms with van der Waals surface area (Å²) in [5.41, 5.74) is 11.8. The highest BCUT2D eigenvalue weighted by molar-refractivity contribution is 5.96. The van der Waals surface area contributed by atoms with Crippen LogP contribution in [0.4, 0.5) is 11.6 Å². The quantitative estimate of drug-likeness (QED) is 0.441. The van der Waals surface area contributed by atoms with E-state index in [2.05, 4.69) is 20.4 Å². The van der Waals surface area contributed by atoms with Gasteiger partial charge in [-0.15, -0.1) is 0 Å². The van der Waals surface area contributed by atoms with E-state index in [0.29, 0.717) is 29.7 Å². The van der Waals surface area contributed by atoms with Gasteiger partial charge < -0.3 is 16.2 Å². The summed E-state index contributed by atoms with van der Waals surface area (Å²) in [6.07, 6.45) is 10.1. The Morgan fingerprint density at radius 3 is 2.72 bits per heavy atom. The number of fused-ring (bicyclic) bond motifs is 1. The zero-order valence-electron chi connectivity index (χ0n) is 18.2. The van der Waals surface area contributed by atoms with Gasteiger partial charge in [-0.3, -0.25) is 4.98 Å². The topological polar surface area (TPSA) is 128 Å². The van der Waals surface area contributed by atoms with Crippen molar-refractivity contribution in [3.8, 4) is 16.8 Å². The second-order valence-corrected chi connectivity index (χ2v) is 8.27. The molecule has 5 rings (SSSR count). The molecule has 2 atom stereocenters. The fourth-order valence-electron chi connectivity index (χ4n) is 4.15. The highest BCUT2D eigenvalue weighted by Crippen LogP contribution is 2.32. The lowest BCUT2D eigenvalue weighted by molar-refractivity contribution is 0.182. The van der Waals surface area contributed by atoms with Gasteiger partial charge in [-0.1, -0.05) is 6.92 Å². The molecule has 0 aliphatic heterocycles. The van der Waals surface area contributed by atoms with Gasteiger partial charge in [0.2, 0.25) is 0 Å². The lowest BCUT2D eigenvalue weighted by atomic mass is 10.1. The van der Waals surface area contributed by atoms with Crippen LogP contribution in [0.3, 0.4) is 0 Å². The standard InChI is InChI=1S/C23H26N8O/c1-3-19-23(28-15-5-7-17(32)8-15)30-20-18(11-26-22(24)21(20)29-19)14-9-27-31(12-14)16-6-4-13(2)25-10-16/h4,6,9-12,15,17,32H,3,5,7-8H2,1-2H3,(H2,24,26)(H,28,30)/t15-,17+/m1/s1. The van der Waals surface area contributed by atoms with Crippen LogP contribution in [0.15, 0.2) is 36.9 Å². The molecule has 32 heavy (non-hydrogen) atoms. The molecule has 9 nitrogen and oxygen atoms in total. The summed E-state index contributed by atoms with van der Waals surface area (Å²) in [5, 5.41) is 17.9. The molecule has 4 aromatic heterocycles. The molecule has 0 saturated heterocycles. The maximum atomic E-state index is 9.90. The van der Waals surface area contributed by atoms with Gasteiger partial charge >= 0.3 is 0 Å². The Morgan fingerprint density at radius 1 is 1.12 bits per heavy atom. The van der Waals surface area contributed by atoms with Crippen LogP contribution < -0.4 is 11.1 Å². The van der Waals surface area contributed by atoms with E-state index in [4.69, 9.17) is 15.7 Å². The number of aromatic nitrogens is 6. The molecular formula is C23H26N8O. The number of nitrogens with zero attached hydrogens (tertiary/aromatic N) is 6. The first-order chi connectivity index (χ1) is 15.5. The van der Waals surface area contributed by atoms with Gasteiger partial charge in [-0.25, -0.2) is 19.6 Å². The minimum Gasteiger partial charge on any atom is -0.393 e. The number of nitrogen functional groups attached to an aromatic ring is 1. The predicted molar refractivity (Wildman–Crippen MR) is 123 cm³/mol. The minimum absolute atomic E-state index is 0.182. The van der Waals surface area contributed by atoms with E-state index in [-0.39, 0.29) is 12.1 Å². The largest absolute Gasteiger partial charge is 0.393 e. The summed E-state index contributed by atoms with van der Waals surface area (Å²) < 4.78 is 1.77. The van der Waals surface area contributed by atoms with Gasteiger partial charge in [0.15, 0.2) is 5.82 Å². The van der Waals surface area contributed by atoms with Gasteiger partial charge in [-0.05, 0) is 44.7 Å². The number of aliphatic hydroxyl groups is 1. The third-order valence-electron chi connectivity index (χ3n) is 5.93. The number of rotatable bonds is 5. The summed E-state index contributed by atoms with van der Waals surface area (Å²) in [6, 6.07) is 4.11. The molecule has 0 unspecified atom stereocenters. The first-order valence-electron chi connectivity index (χ1n) is 10.9. The average Bonchev–Trinajstić information content (AvgIpc) is 3.43. The van der Waals surface area contributed by atoms with Gasteiger partial charge in [0.1, 0.15) is 16.9 Å². The normalized spacial score (nSPS) is 18.3. The molecular weight excluding hydrogens is 404 g/mol. The van der Waals surface area contributed by atoms with Crippen molar-refractivity contribution >= 4 is 22.7 Å². The van der Waals surface area contributed by atoms with E-state index in [1.165, 1.54) is 0 Å². The van der Waals surface area contributed by atoms with Gasteiger partial charge in [0.25, 0.3) is 0 Å². The summed E-state index contributed by atoms with van der Waals surface area (Å²) in [7, 11) is 0. The molecule has 0 amide bonds.